The van der Waals surface area contributed by atoms with E-state index in [1.165, 1.54) is 0 Å². The van der Waals surface area contributed by atoms with Crippen molar-refractivity contribution in [1.82, 2.24) is 10.6 Å². The second kappa shape index (κ2) is 7.26. The third-order valence-electron chi connectivity index (χ3n) is 1.75. The molecule has 3 N–H and O–H groups in total. The van der Waals surface area contributed by atoms with Crippen LogP contribution < -0.4 is 10.6 Å². The molecule has 106 valence electrons. The first-order chi connectivity index (χ1) is 8.65. The summed E-state index contributed by atoms with van der Waals surface area (Å²) in [4.78, 5) is 33.7. The zero-order valence-corrected chi connectivity index (χ0v) is 11.1. The van der Waals surface area contributed by atoms with Gasteiger partial charge in [0.05, 0.1) is 13.0 Å². The van der Waals surface area contributed by atoms with Crippen molar-refractivity contribution in [3.8, 4) is 12.3 Å². The molecular formula is C12H18N2O5. The van der Waals surface area contributed by atoms with Crippen LogP contribution in [0.4, 0.5) is 4.79 Å². The molecule has 0 aliphatic rings. The molecule has 0 aliphatic carbocycles. The lowest BCUT2D eigenvalue weighted by molar-refractivity contribution is -0.139. The van der Waals surface area contributed by atoms with E-state index in [1.54, 1.807) is 20.8 Å². The van der Waals surface area contributed by atoms with E-state index in [9.17, 15) is 14.4 Å². The average molecular weight is 270 g/mol. The predicted molar refractivity (Wildman–Crippen MR) is 67.3 cm³/mol. The first-order valence-electron chi connectivity index (χ1n) is 5.58. The first-order valence-corrected chi connectivity index (χ1v) is 5.58. The van der Waals surface area contributed by atoms with Crippen molar-refractivity contribution in [2.45, 2.75) is 38.8 Å². The van der Waals surface area contributed by atoms with Crippen molar-refractivity contribution in [1.29, 1.82) is 0 Å². The Morgan fingerprint density at radius 1 is 1.37 bits per heavy atom. The molecule has 0 radical (unpaired) electrons. The number of terminal acetylenes is 1. The molecule has 0 rings (SSSR count). The van der Waals surface area contributed by atoms with E-state index in [1.807, 2.05) is 0 Å². The van der Waals surface area contributed by atoms with Gasteiger partial charge in [0, 0.05) is 0 Å². The zero-order valence-electron chi connectivity index (χ0n) is 11.1. The zero-order chi connectivity index (χ0) is 15.1. The van der Waals surface area contributed by atoms with E-state index >= 15 is 0 Å². The summed E-state index contributed by atoms with van der Waals surface area (Å²) in [5, 5.41) is 13.2. The molecule has 0 aromatic rings. The quantitative estimate of drug-likeness (QED) is 0.615. The molecule has 0 bridgehead atoms. The summed E-state index contributed by atoms with van der Waals surface area (Å²) >= 11 is 0. The fraction of sp³-hybridized carbons (Fsp3) is 0.583. The lowest BCUT2D eigenvalue weighted by Gasteiger charge is -2.22. The Bertz CT molecular complexity index is 392. The Hall–Kier alpha value is -2.23. The fourth-order valence-corrected chi connectivity index (χ4v) is 1.10. The number of hydrogen-bond acceptors (Lipinski definition) is 4. The maximum absolute atomic E-state index is 11.6. The monoisotopic (exact) mass is 270 g/mol. The molecule has 0 saturated heterocycles. The minimum atomic E-state index is -1.24. The summed E-state index contributed by atoms with van der Waals surface area (Å²) in [7, 11) is 0. The molecule has 0 aromatic heterocycles. The highest BCUT2D eigenvalue weighted by atomic mass is 16.6. The smallest absolute Gasteiger partial charge is 0.408 e. The highest BCUT2D eigenvalue weighted by molar-refractivity contribution is 5.89. The molecular weight excluding hydrogens is 252 g/mol. The van der Waals surface area contributed by atoms with Crippen molar-refractivity contribution >= 4 is 18.0 Å². The number of hydrogen-bond donors (Lipinski definition) is 3. The second-order valence-electron chi connectivity index (χ2n) is 4.72. The normalized spacial score (nSPS) is 11.9. The summed E-state index contributed by atoms with van der Waals surface area (Å²) in [5.74, 6) is 0.275. The number of carboxylic acids is 1. The second-order valence-corrected chi connectivity index (χ2v) is 4.72. The topological polar surface area (TPSA) is 105 Å². The number of alkyl carbamates (subject to hydrolysis) is 1. The van der Waals surface area contributed by atoms with Crippen LogP contribution in [0.2, 0.25) is 0 Å². The molecule has 2 amide bonds. The van der Waals surface area contributed by atoms with Crippen molar-refractivity contribution < 1.29 is 24.2 Å². The molecule has 0 saturated carbocycles. The van der Waals surface area contributed by atoms with Gasteiger partial charge in [-0.2, -0.15) is 0 Å². The number of nitrogens with one attached hydrogen (secondary N) is 2. The molecule has 1 atom stereocenters. The number of aliphatic carboxylic acids is 1. The van der Waals surface area contributed by atoms with Gasteiger partial charge in [0.25, 0.3) is 0 Å². The van der Waals surface area contributed by atoms with Crippen LogP contribution in [0.15, 0.2) is 0 Å². The van der Waals surface area contributed by atoms with Gasteiger partial charge in [0.1, 0.15) is 11.6 Å². The lowest BCUT2D eigenvalue weighted by atomic mass is 10.2. The van der Waals surface area contributed by atoms with Gasteiger partial charge in [0.2, 0.25) is 5.91 Å². The van der Waals surface area contributed by atoms with Gasteiger partial charge in [0.15, 0.2) is 0 Å². The van der Waals surface area contributed by atoms with E-state index in [-0.39, 0.29) is 6.54 Å². The number of rotatable bonds is 5. The van der Waals surface area contributed by atoms with Crippen molar-refractivity contribution in [2.75, 3.05) is 6.54 Å². The highest BCUT2D eigenvalue weighted by Gasteiger charge is 2.26. The maximum atomic E-state index is 11.6. The summed E-state index contributed by atoms with van der Waals surface area (Å²) in [5.41, 5.74) is -0.743. The van der Waals surface area contributed by atoms with Crippen LogP contribution in [-0.2, 0) is 14.3 Å². The lowest BCUT2D eigenvalue weighted by Crippen LogP contribution is -2.49. The van der Waals surface area contributed by atoms with Crippen LogP contribution in [0.1, 0.15) is 27.2 Å². The van der Waals surface area contributed by atoms with Gasteiger partial charge in [-0.15, -0.1) is 6.42 Å². The van der Waals surface area contributed by atoms with Crippen molar-refractivity contribution in [2.24, 2.45) is 0 Å². The van der Waals surface area contributed by atoms with Crippen LogP contribution >= 0.6 is 0 Å². The first kappa shape index (κ1) is 16.8. The molecule has 0 aromatic carbocycles. The number of amides is 2. The summed E-state index contributed by atoms with van der Waals surface area (Å²) in [6, 6.07) is -1.24. The Kier molecular flexibility index (Phi) is 6.41. The standard InChI is InChI=1S/C12H18N2O5/c1-5-6-13-10(17)8(7-9(15)16)14-11(18)19-12(2,3)4/h1,8H,6-7H2,2-4H3,(H,13,17)(H,14,18)(H,15,16)/t8-/m0/s1. The molecule has 7 heteroatoms. The van der Waals surface area contributed by atoms with Crippen LogP contribution in [0.5, 0.6) is 0 Å². The molecule has 19 heavy (non-hydrogen) atoms. The van der Waals surface area contributed by atoms with Crippen molar-refractivity contribution in [3.05, 3.63) is 0 Å². The van der Waals surface area contributed by atoms with Gasteiger partial charge in [-0.25, -0.2) is 4.79 Å². The van der Waals surface area contributed by atoms with E-state index in [0.717, 1.165) is 0 Å². The Balaban J connectivity index is 4.59. The summed E-state index contributed by atoms with van der Waals surface area (Å²) in [6.07, 6.45) is 3.54. The van der Waals surface area contributed by atoms with E-state index < -0.39 is 36.0 Å². The molecule has 0 aliphatic heterocycles. The number of carbonyl (C=O) groups is 3. The third kappa shape index (κ3) is 8.49. The van der Waals surface area contributed by atoms with Crippen LogP contribution in [-0.4, -0.2) is 41.3 Å². The molecule has 0 heterocycles. The predicted octanol–water partition coefficient (Wildman–Crippen LogP) is 0.104. The number of carboxylic acid groups (broad SMARTS) is 1. The minimum absolute atomic E-state index is 0.0506. The molecule has 0 spiro atoms. The molecule has 0 fully saturated rings. The minimum Gasteiger partial charge on any atom is -0.481 e. The van der Waals surface area contributed by atoms with Crippen molar-refractivity contribution in [3.63, 3.8) is 0 Å². The Morgan fingerprint density at radius 2 is 1.95 bits per heavy atom. The largest absolute Gasteiger partial charge is 0.481 e. The van der Waals surface area contributed by atoms with Crippen LogP contribution in [0, 0.1) is 12.3 Å². The van der Waals surface area contributed by atoms with E-state index in [0.29, 0.717) is 0 Å². The number of ether oxygens (including phenoxy) is 1. The van der Waals surface area contributed by atoms with Gasteiger partial charge in [-0.1, -0.05) is 5.92 Å². The number of carbonyl (C=O) groups excluding carboxylic acids is 2. The fourth-order valence-electron chi connectivity index (χ4n) is 1.10. The van der Waals surface area contributed by atoms with Gasteiger partial charge >= 0.3 is 12.1 Å². The van der Waals surface area contributed by atoms with Gasteiger partial charge < -0.3 is 20.5 Å². The van der Waals surface area contributed by atoms with Crippen LogP contribution in [0.25, 0.3) is 0 Å². The highest BCUT2D eigenvalue weighted by Crippen LogP contribution is 2.07. The van der Waals surface area contributed by atoms with Crippen LogP contribution in [0.3, 0.4) is 0 Å². The third-order valence-corrected chi connectivity index (χ3v) is 1.75. The maximum Gasteiger partial charge on any atom is 0.408 e. The van der Waals surface area contributed by atoms with Gasteiger partial charge in [-0.05, 0) is 20.8 Å². The van der Waals surface area contributed by atoms with Gasteiger partial charge in [-0.3, -0.25) is 9.59 Å². The SMILES string of the molecule is C#CCNC(=O)[C@H](CC(=O)O)NC(=O)OC(C)(C)C. The molecule has 0 unspecified atom stereocenters. The molecule has 7 nitrogen and oxygen atoms in total. The average Bonchev–Trinajstić information content (AvgIpc) is 2.21. The summed E-state index contributed by atoms with van der Waals surface area (Å²) < 4.78 is 4.94. The Labute approximate surface area is 111 Å². The Morgan fingerprint density at radius 3 is 2.37 bits per heavy atom. The summed E-state index contributed by atoms with van der Waals surface area (Å²) in [6.45, 7) is 4.90. The van der Waals surface area contributed by atoms with E-state index in [2.05, 4.69) is 16.6 Å². The van der Waals surface area contributed by atoms with E-state index in [4.69, 9.17) is 16.3 Å².